The van der Waals surface area contributed by atoms with Gasteiger partial charge in [0.05, 0.1) is 14.1 Å². The van der Waals surface area contributed by atoms with Crippen molar-refractivity contribution >= 4 is 116 Å². The molecule has 0 radical (unpaired) electrons. The van der Waals surface area contributed by atoms with Crippen molar-refractivity contribution < 1.29 is 100 Å². The number of unbranched alkanes of at least 4 members (excludes halogenated alkanes) is 6. The molecule has 0 aliphatic rings. The predicted octanol–water partition coefficient (Wildman–Crippen LogP) is -1.03. The molecule has 0 aromatic heterocycles. The molecule has 0 bridgehead atoms. The van der Waals surface area contributed by atoms with Gasteiger partial charge in [0, 0.05) is 24.0 Å². The standard InChI is InChI=1S/C42H44NO20/c1-7-11-13-15-17-23(44)25(46)19-21(9-3)27(48)29(50)31(52)33(54)35(56)37(58)39(60)41(62)43(5,6)42(63)40(61)38(59)36(57)34(55)32(53)30(51)28(49)22(10-4)20-26(47)24(45)18-16-14-12-8-2/h19-20H,7-18H2,1-6H3/q+1/b21-19-,22-20-. The van der Waals surface area contributed by atoms with Crippen LogP contribution in [0, 0.1) is 0 Å². The highest BCUT2D eigenvalue weighted by molar-refractivity contribution is 7.00. The van der Waals surface area contributed by atoms with Crippen LogP contribution in [0.15, 0.2) is 23.3 Å². The van der Waals surface area contributed by atoms with E-state index in [9.17, 15) is 95.9 Å². The highest BCUT2D eigenvalue weighted by Crippen LogP contribution is 2.11. The number of hydrogen-bond donors (Lipinski definition) is 0. The fourth-order valence-corrected chi connectivity index (χ4v) is 4.92. The molecule has 0 saturated carbocycles. The second kappa shape index (κ2) is 25.6. The predicted molar refractivity (Wildman–Crippen MR) is 207 cm³/mol. The number of ketones is 18. The Bertz CT molecular complexity index is 2050. The molecule has 0 aromatic rings. The van der Waals surface area contributed by atoms with Crippen LogP contribution in [0.1, 0.15) is 105 Å². The third-order valence-electron chi connectivity index (χ3n) is 8.90. The van der Waals surface area contributed by atoms with E-state index >= 15 is 0 Å². The molecule has 0 atom stereocenters. The number of Topliss-reactive ketones (excluding diaryl/α,β-unsaturated/α-hetero) is 16. The van der Waals surface area contributed by atoms with Gasteiger partial charge in [-0.2, -0.15) is 4.48 Å². The van der Waals surface area contributed by atoms with Crippen LogP contribution >= 0.6 is 0 Å². The molecule has 0 saturated heterocycles. The third kappa shape index (κ3) is 15.1. The maximum absolute atomic E-state index is 12.8. The lowest BCUT2D eigenvalue weighted by molar-refractivity contribution is -0.727. The van der Waals surface area contributed by atoms with Gasteiger partial charge in [0.25, 0.3) is 57.8 Å². The van der Waals surface area contributed by atoms with E-state index in [1.807, 2.05) is 13.8 Å². The summed E-state index contributed by atoms with van der Waals surface area (Å²) in [6.07, 6.45) is 4.59. The number of rotatable bonds is 32. The first kappa shape index (κ1) is 55.8. The van der Waals surface area contributed by atoms with Crippen molar-refractivity contribution in [3.8, 4) is 0 Å². The van der Waals surface area contributed by atoms with Crippen LogP contribution < -0.4 is 0 Å². The summed E-state index contributed by atoms with van der Waals surface area (Å²) in [7, 11) is 0.595. The molecule has 2 amide bonds. The number of carbonyl (C=O) groups is 20. The van der Waals surface area contributed by atoms with Crippen molar-refractivity contribution in [2.45, 2.75) is 105 Å². The number of quaternary nitrogens is 1. The lowest BCUT2D eigenvalue weighted by atomic mass is 9.95. The Kier molecular flexibility index (Phi) is 22.7. The topological polar surface area (TPSA) is 341 Å². The van der Waals surface area contributed by atoms with Gasteiger partial charge >= 0.3 is 23.4 Å². The molecule has 336 valence electrons. The average molecular weight is 883 g/mol. The first-order valence-electron chi connectivity index (χ1n) is 19.3. The van der Waals surface area contributed by atoms with Crippen LogP contribution in [0.2, 0.25) is 0 Å². The molecule has 0 spiro atoms. The molecule has 0 aliphatic heterocycles. The monoisotopic (exact) mass is 882 g/mol. The number of hydrogen-bond acceptors (Lipinski definition) is 20. The lowest BCUT2D eigenvalue weighted by Crippen LogP contribution is -2.60. The van der Waals surface area contributed by atoms with Crippen molar-refractivity contribution in [3.63, 3.8) is 0 Å². The number of likely N-dealkylation sites (N-methyl/N-ethyl adjacent to an activating group) is 1. The fraction of sp³-hybridized carbons (Fsp3) is 0.429. The maximum Gasteiger partial charge on any atom is 0.397 e. The minimum atomic E-state index is -2.72. The van der Waals surface area contributed by atoms with E-state index in [1.165, 1.54) is 13.8 Å². The van der Waals surface area contributed by atoms with Crippen LogP contribution in [0.3, 0.4) is 0 Å². The van der Waals surface area contributed by atoms with Gasteiger partial charge in [-0.25, -0.2) is 9.59 Å². The van der Waals surface area contributed by atoms with Crippen LogP contribution in [-0.2, 0) is 95.9 Å². The molecular weight excluding hydrogens is 838 g/mol. The van der Waals surface area contributed by atoms with Gasteiger partial charge in [0.15, 0.2) is 0 Å². The number of carbonyl (C=O) groups excluding carboxylic acids is 20. The maximum atomic E-state index is 12.8. The highest BCUT2D eigenvalue weighted by atomic mass is 16.3. The fourth-order valence-electron chi connectivity index (χ4n) is 4.92. The number of amides is 2. The van der Waals surface area contributed by atoms with Gasteiger partial charge < -0.3 is 0 Å². The van der Waals surface area contributed by atoms with E-state index in [-0.39, 0.29) is 12.8 Å². The molecule has 0 heterocycles. The molecule has 63 heavy (non-hydrogen) atoms. The minimum Gasteiger partial charge on any atom is -0.291 e. The Morgan fingerprint density at radius 1 is 0.317 bits per heavy atom. The van der Waals surface area contributed by atoms with Crippen LogP contribution in [0.25, 0.3) is 0 Å². The first-order chi connectivity index (χ1) is 29.2. The zero-order chi connectivity index (χ0) is 49.1. The second-order valence-corrected chi connectivity index (χ2v) is 13.9. The molecule has 0 aliphatic carbocycles. The van der Waals surface area contributed by atoms with Crippen molar-refractivity contribution in [2.24, 2.45) is 0 Å². The van der Waals surface area contributed by atoms with E-state index in [0.29, 0.717) is 51.9 Å². The van der Waals surface area contributed by atoms with E-state index in [4.69, 9.17) is 0 Å². The lowest BCUT2D eigenvalue weighted by Gasteiger charge is -2.20. The molecule has 0 N–H and O–H groups in total. The normalized spacial score (nSPS) is 11.3. The molecule has 0 aromatic carbocycles. The Labute approximate surface area is 358 Å². The molecule has 21 nitrogen and oxygen atoms in total. The zero-order valence-electron chi connectivity index (χ0n) is 35.3. The Morgan fingerprint density at radius 3 is 0.794 bits per heavy atom. The van der Waals surface area contributed by atoms with Crippen molar-refractivity contribution in [1.29, 1.82) is 0 Å². The van der Waals surface area contributed by atoms with Gasteiger partial charge in [0.1, 0.15) is 0 Å². The molecular formula is C42H44NO20+. The van der Waals surface area contributed by atoms with Crippen molar-refractivity contribution in [3.05, 3.63) is 23.3 Å². The van der Waals surface area contributed by atoms with Gasteiger partial charge in [0.2, 0.25) is 34.7 Å². The summed E-state index contributed by atoms with van der Waals surface area (Å²) >= 11 is 0. The van der Waals surface area contributed by atoms with Gasteiger partial charge in [-0.15, -0.1) is 0 Å². The van der Waals surface area contributed by atoms with E-state index in [1.54, 1.807) is 0 Å². The summed E-state index contributed by atoms with van der Waals surface area (Å²) in [6.45, 7) is 6.19. The summed E-state index contributed by atoms with van der Waals surface area (Å²) < 4.78 is -2.37. The first-order valence-corrected chi connectivity index (χ1v) is 19.3. The van der Waals surface area contributed by atoms with Crippen LogP contribution in [0.4, 0.5) is 0 Å². The second-order valence-electron chi connectivity index (χ2n) is 13.9. The molecule has 21 heteroatoms. The minimum absolute atomic E-state index is 0.208. The molecule has 0 fully saturated rings. The smallest absolute Gasteiger partial charge is 0.291 e. The Hall–Kier alpha value is -7.16. The summed E-state index contributed by atoms with van der Waals surface area (Å²) in [5.74, 6) is -44.0. The molecule has 0 rings (SSSR count). The molecule has 0 unspecified atom stereocenters. The zero-order valence-corrected chi connectivity index (χ0v) is 35.3. The largest absolute Gasteiger partial charge is 0.397 e. The van der Waals surface area contributed by atoms with Gasteiger partial charge in [-0.1, -0.05) is 66.2 Å². The van der Waals surface area contributed by atoms with E-state index in [2.05, 4.69) is 0 Å². The summed E-state index contributed by atoms with van der Waals surface area (Å²) in [4.78, 5) is 249. The van der Waals surface area contributed by atoms with Gasteiger partial charge in [-0.05, 0) is 37.8 Å². The van der Waals surface area contributed by atoms with Crippen molar-refractivity contribution in [1.82, 2.24) is 0 Å². The summed E-state index contributed by atoms with van der Waals surface area (Å²) in [5.41, 5.74) is -1.51. The average Bonchev–Trinajstić information content (AvgIpc) is 3.27. The summed E-state index contributed by atoms with van der Waals surface area (Å²) in [5, 5.41) is 0. The van der Waals surface area contributed by atoms with E-state index < -0.39 is 144 Å². The number of imide groups is 1. The summed E-state index contributed by atoms with van der Waals surface area (Å²) in [6, 6.07) is 0. The van der Waals surface area contributed by atoms with Crippen LogP contribution in [-0.4, -0.2) is 134 Å². The van der Waals surface area contributed by atoms with E-state index in [0.717, 1.165) is 25.7 Å². The van der Waals surface area contributed by atoms with Crippen LogP contribution in [0.5, 0.6) is 0 Å². The quantitative estimate of drug-likeness (QED) is 0.0256. The van der Waals surface area contributed by atoms with Gasteiger partial charge in [-0.3, -0.25) is 86.3 Å². The number of nitrogens with zero attached hydrogens (tertiary/aromatic N) is 1. The Morgan fingerprint density at radius 2 is 0.556 bits per heavy atom. The third-order valence-corrected chi connectivity index (χ3v) is 8.90. The Balaban J connectivity index is 5.95. The van der Waals surface area contributed by atoms with Crippen molar-refractivity contribution in [2.75, 3.05) is 14.1 Å². The highest BCUT2D eigenvalue weighted by Gasteiger charge is 2.52. The SMILES string of the molecule is CCCCCCC(=O)C(=O)/C=C(/CC)C(=O)C(=O)C(=O)C(=O)C(=O)C(=O)C(=O)C(=O)[N+](C)(C)C(=O)C(=O)C(=O)C(=O)C(=O)C(=O)C(=O)C(=O)/C(=C\C(=O)C(=O)CCCCCC)CC. The number of allylic oxidation sites excluding steroid dienone is 4.